The molecule has 0 spiro atoms. The summed E-state index contributed by atoms with van der Waals surface area (Å²) in [5, 5.41) is 6.65. The molecule has 0 aromatic heterocycles. The minimum atomic E-state index is 0.0940. The summed E-state index contributed by atoms with van der Waals surface area (Å²) < 4.78 is 0. The number of nitrogens with one attached hydrogen (secondary N) is 2. The molecule has 1 aliphatic carbocycles. The number of hydrogen-bond acceptors (Lipinski definition) is 1. The zero-order valence-electron chi connectivity index (χ0n) is 8.44. The molecule has 0 radical (unpaired) electrons. The Balaban J connectivity index is 2.35. The molecule has 12 heavy (non-hydrogen) atoms. The van der Waals surface area contributed by atoms with Gasteiger partial charge in [0.1, 0.15) is 0 Å². The van der Waals surface area contributed by atoms with Crippen molar-refractivity contribution in [1.82, 2.24) is 10.6 Å². The first-order valence-corrected chi connectivity index (χ1v) is 4.53. The summed E-state index contributed by atoms with van der Waals surface area (Å²) in [4.78, 5) is 4.15. The SMILES string of the molecule is CN=C(NC1CC1)NC(C)(C)C. The Kier molecular flexibility index (Phi) is 2.60. The third-order valence-electron chi connectivity index (χ3n) is 1.64. The molecule has 1 saturated carbocycles. The van der Waals surface area contributed by atoms with E-state index in [1.165, 1.54) is 12.8 Å². The lowest BCUT2D eigenvalue weighted by atomic mass is 10.1. The summed E-state index contributed by atoms with van der Waals surface area (Å²) in [6.45, 7) is 6.40. The lowest BCUT2D eigenvalue weighted by Crippen LogP contribution is -2.48. The fourth-order valence-corrected chi connectivity index (χ4v) is 0.933. The van der Waals surface area contributed by atoms with Crippen molar-refractivity contribution < 1.29 is 0 Å². The van der Waals surface area contributed by atoms with Crippen molar-refractivity contribution >= 4 is 5.96 Å². The van der Waals surface area contributed by atoms with E-state index in [9.17, 15) is 0 Å². The van der Waals surface area contributed by atoms with Crippen LogP contribution in [0.15, 0.2) is 4.99 Å². The van der Waals surface area contributed by atoms with Crippen LogP contribution in [-0.2, 0) is 0 Å². The second kappa shape index (κ2) is 3.33. The highest BCUT2D eigenvalue weighted by atomic mass is 15.2. The van der Waals surface area contributed by atoms with E-state index in [2.05, 4.69) is 36.4 Å². The number of rotatable bonds is 1. The molecule has 0 atom stereocenters. The maximum Gasteiger partial charge on any atom is 0.191 e. The second-order valence-corrected chi connectivity index (χ2v) is 4.37. The van der Waals surface area contributed by atoms with E-state index in [0.717, 1.165) is 5.96 Å². The Morgan fingerprint density at radius 3 is 2.25 bits per heavy atom. The molecule has 1 fully saturated rings. The van der Waals surface area contributed by atoms with Crippen molar-refractivity contribution in [3.05, 3.63) is 0 Å². The molecule has 0 aromatic rings. The van der Waals surface area contributed by atoms with Crippen LogP contribution in [0.5, 0.6) is 0 Å². The van der Waals surface area contributed by atoms with Crippen molar-refractivity contribution in [2.45, 2.75) is 45.2 Å². The zero-order valence-corrected chi connectivity index (χ0v) is 8.44. The van der Waals surface area contributed by atoms with E-state index in [-0.39, 0.29) is 5.54 Å². The summed E-state index contributed by atoms with van der Waals surface area (Å²) in [7, 11) is 1.81. The number of guanidine groups is 1. The fourth-order valence-electron chi connectivity index (χ4n) is 0.933. The first-order valence-electron chi connectivity index (χ1n) is 4.53. The molecule has 0 bridgehead atoms. The van der Waals surface area contributed by atoms with Gasteiger partial charge < -0.3 is 10.6 Å². The predicted octanol–water partition coefficient (Wildman–Crippen LogP) is 1.11. The van der Waals surface area contributed by atoms with Crippen molar-refractivity contribution in [2.24, 2.45) is 4.99 Å². The molecule has 1 rings (SSSR count). The molecule has 2 N–H and O–H groups in total. The van der Waals surface area contributed by atoms with Gasteiger partial charge in [-0.1, -0.05) is 0 Å². The zero-order chi connectivity index (χ0) is 9.19. The van der Waals surface area contributed by atoms with Gasteiger partial charge in [0.25, 0.3) is 0 Å². The summed E-state index contributed by atoms with van der Waals surface area (Å²) >= 11 is 0. The van der Waals surface area contributed by atoms with Crippen LogP contribution in [0, 0.1) is 0 Å². The average Bonchev–Trinajstić information content (AvgIpc) is 2.67. The van der Waals surface area contributed by atoms with Gasteiger partial charge in [0.2, 0.25) is 0 Å². The molecule has 0 heterocycles. The summed E-state index contributed by atoms with van der Waals surface area (Å²) in [5.41, 5.74) is 0.0940. The highest BCUT2D eigenvalue weighted by Crippen LogP contribution is 2.18. The van der Waals surface area contributed by atoms with Crippen LogP contribution < -0.4 is 10.6 Å². The molecular formula is C9H19N3. The van der Waals surface area contributed by atoms with Crippen molar-refractivity contribution in [2.75, 3.05) is 7.05 Å². The Morgan fingerprint density at radius 1 is 1.33 bits per heavy atom. The van der Waals surface area contributed by atoms with E-state index < -0.39 is 0 Å². The Labute approximate surface area is 74.6 Å². The first kappa shape index (κ1) is 9.36. The van der Waals surface area contributed by atoms with E-state index >= 15 is 0 Å². The van der Waals surface area contributed by atoms with Gasteiger partial charge in [0.15, 0.2) is 5.96 Å². The summed E-state index contributed by atoms with van der Waals surface area (Å²) in [5.74, 6) is 0.921. The summed E-state index contributed by atoms with van der Waals surface area (Å²) in [6.07, 6.45) is 2.57. The Morgan fingerprint density at radius 2 is 1.92 bits per heavy atom. The topological polar surface area (TPSA) is 36.4 Å². The minimum Gasteiger partial charge on any atom is -0.354 e. The van der Waals surface area contributed by atoms with Gasteiger partial charge in [0, 0.05) is 18.6 Å². The third-order valence-corrected chi connectivity index (χ3v) is 1.64. The van der Waals surface area contributed by atoms with Crippen LogP contribution >= 0.6 is 0 Å². The van der Waals surface area contributed by atoms with Gasteiger partial charge in [-0.25, -0.2) is 0 Å². The Hall–Kier alpha value is -0.730. The van der Waals surface area contributed by atoms with Crippen molar-refractivity contribution in [3.63, 3.8) is 0 Å². The Bertz CT molecular complexity index is 175. The molecule has 0 aliphatic heterocycles. The number of aliphatic imine (C=N–C) groups is 1. The molecular weight excluding hydrogens is 150 g/mol. The second-order valence-electron chi connectivity index (χ2n) is 4.37. The molecule has 0 amide bonds. The minimum absolute atomic E-state index is 0.0940. The highest BCUT2D eigenvalue weighted by molar-refractivity contribution is 5.80. The lowest BCUT2D eigenvalue weighted by molar-refractivity contribution is 0.501. The molecule has 3 nitrogen and oxygen atoms in total. The highest BCUT2D eigenvalue weighted by Gasteiger charge is 2.23. The molecule has 3 heteroatoms. The van der Waals surface area contributed by atoms with Gasteiger partial charge in [-0.05, 0) is 33.6 Å². The van der Waals surface area contributed by atoms with E-state index in [1.807, 2.05) is 7.05 Å². The van der Waals surface area contributed by atoms with E-state index in [1.54, 1.807) is 0 Å². The van der Waals surface area contributed by atoms with Gasteiger partial charge >= 0.3 is 0 Å². The molecule has 0 aromatic carbocycles. The van der Waals surface area contributed by atoms with Crippen LogP contribution in [0.25, 0.3) is 0 Å². The van der Waals surface area contributed by atoms with Crippen LogP contribution in [-0.4, -0.2) is 24.6 Å². The third kappa shape index (κ3) is 3.60. The molecule has 1 aliphatic rings. The largest absolute Gasteiger partial charge is 0.354 e. The fraction of sp³-hybridized carbons (Fsp3) is 0.889. The smallest absolute Gasteiger partial charge is 0.191 e. The standard InChI is InChI=1S/C9H19N3/c1-9(2,3)12-8(10-4)11-7-5-6-7/h7H,5-6H2,1-4H3,(H2,10,11,12). The quantitative estimate of drug-likeness (QED) is 0.456. The predicted molar refractivity (Wildman–Crippen MR) is 52.4 cm³/mol. The van der Waals surface area contributed by atoms with Crippen LogP contribution in [0.2, 0.25) is 0 Å². The number of hydrogen-bond donors (Lipinski definition) is 2. The maximum atomic E-state index is 4.15. The average molecular weight is 169 g/mol. The first-order chi connectivity index (χ1) is 5.51. The van der Waals surface area contributed by atoms with E-state index in [4.69, 9.17) is 0 Å². The summed E-state index contributed by atoms with van der Waals surface area (Å²) in [6, 6.07) is 0.665. The van der Waals surface area contributed by atoms with Gasteiger partial charge in [-0.3, -0.25) is 4.99 Å². The van der Waals surface area contributed by atoms with E-state index in [0.29, 0.717) is 6.04 Å². The van der Waals surface area contributed by atoms with Gasteiger partial charge in [0.05, 0.1) is 0 Å². The van der Waals surface area contributed by atoms with Crippen LogP contribution in [0.4, 0.5) is 0 Å². The normalized spacial score (nSPS) is 19.2. The number of nitrogens with zero attached hydrogens (tertiary/aromatic N) is 1. The van der Waals surface area contributed by atoms with Gasteiger partial charge in [-0.2, -0.15) is 0 Å². The molecule has 0 unspecified atom stereocenters. The van der Waals surface area contributed by atoms with Gasteiger partial charge in [-0.15, -0.1) is 0 Å². The van der Waals surface area contributed by atoms with Crippen molar-refractivity contribution in [3.8, 4) is 0 Å². The lowest BCUT2D eigenvalue weighted by Gasteiger charge is -2.23. The van der Waals surface area contributed by atoms with Crippen molar-refractivity contribution in [1.29, 1.82) is 0 Å². The maximum absolute atomic E-state index is 4.15. The van der Waals surface area contributed by atoms with Crippen LogP contribution in [0.3, 0.4) is 0 Å². The molecule has 70 valence electrons. The monoisotopic (exact) mass is 169 g/mol. The molecule has 0 saturated heterocycles. The van der Waals surface area contributed by atoms with Crippen LogP contribution in [0.1, 0.15) is 33.6 Å².